The van der Waals surface area contributed by atoms with Crippen LogP contribution in [0.3, 0.4) is 0 Å². The van der Waals surface area contributed by atoms with Gasteiger partial charge >= 0.3 is 0 Å². The molecule has 2 saturated heterocycles. The van der Waals surface area contributed by atoms with E-state index in [0.29, 0.717) is 0 Å². The van der Waals surface area contributed by atoms with E-state index in [2.05, 4.69) is 4.90 Å². The van der Waals surface area contributed by atoms with E-state index in [9.17, 15) is 4.79 Å². The highest BCUT2D eigenvalue weighted by atomic mass is 16.1. The van der Waals surface area contributed by atoms with Gasteiger partial charge in [0.15, 0.2) is 0 Å². The third kappa shape index (κ3) is 1.25. The van der Waals surface area contributed by atoms with Gasteiger partial charge in [-0.1, -0.05) is 6.42 Å². The molecule has 2 aliphatic heterocycles. The fourth-order valence-corrected chi connectivity index (χ4v) is 2.62. The first kappa shape index (κ1) is 8.97. The Morgan fingerprint density at radius 1 is 1.38 bits per heavy atom. The molecule has 4 heteroatoms. The summed E-state index contributed by atoms with van der Waals surface area (Å²) in [5, 5.41) is 0. The number of hydrogen-bond donors (Lipinski definition) is 2. The van der Waals surface area contributed by atoms with Crippen LogP contribution < -0.4 is 11.5 Å². The summed E-state index contributed by atoms with van der Waals surface area (Å²) in [6.45, 7) is 2.01. The molecule has 1 amide bonds. The molecule has 0 bridgehead atoms. The lowest BCUT2D eigenvalue weighted by molar-refractivity contribution is -0.124. The van der Waals surface area contributed by atoms with Crippen molar-refractivity contribution in [1.82, 2.24) is 4.90 Å². The van der Waals surface area contributed by atoms with Gasteiger partial charge in [0, 0.05) is 12.6 Å². The molecule has 13 heavy (non-hydrogen) atoms. The first-order valence-corrected chi connectivity index (χ1v) is 4.97. The van der Waals surface area contributed by atoms with Crippen LogP contribution in [0.2, 0.25) is 0 Å². The quantitative estimate of drug-likeness (QED) is 0.571. The highest BCUT2D eigenvalue weighted by molar-refractivity contribution is 5.85. The van der Waals surface area contributed by atoms with Crippen LogP contribution in [0.5, 0.6) is 0 Å². The Balaban J connectivity index is 2.19. The first-order valence-electron chi connectivity index (χ1n) is 4.97. The van der Waals surface area contributed by atoms with Gasteiger partial charge in [0.05, 0.1) is 0 Å². The average molecular weight is 183 g/mol. The molecule has 2 unspecified atom stereocenters. The van der Waals surface area contributed by atoms with Gasteiger partial charge in [-0.15, -0.1) is 0 Å². The normalized spacial score (nSPS) is 40.2. The molecule has 4 nitrogen and oxygen atoms in total. The van der Waals surface area contributed by atoms with Crippen LogP contribution in [0.1, 0.15) is 25.7 Å². The Morgan fingerprint density at radius 2 is 2.15 bits per heavy atom. The van der Waals surface area contributed by atoms with Gasteiger partial charge in [-0.3, -0.25) is 9.69 Å². The van der Waals surface area contributed by atoms with Crippen LogP contribution in [0.25, 0.3) is 0 Å². The molecule has 0 radical (unpaired) electrons. The number of piperidine rings is 1. The molecule has 74 valence electrons. The largest absolute Gasteiger partial charge is 0.368 e. The van der Waals surface area contributed by atoms with Gasteiger partial charge in [-0.25, -0.2) is 0 Å². The minimum atomic E-state index is -0.750. The van der Waals surface area contributed by atoms with Gasteiger partial charge < -0.3 is 11.5 Å². The zero-order valence-corrected chi connectivity index (χ0v) is 7.83. The van der Waals surface area contributed by atoms with Crippen molar-refractivity contribution in [2.24, 2.45) is 11.5 Å². The van der Waals surface area contributed by atoms with Gasteiger partial charge in [0.2, 0.25) is 5.91 Å². The van der Waals surface area contributed by atoms with Gasteiger partial charge in [-0.2, -0.15) is 0 Å². The zero-order chi connectivity index (χ0) is 9.47. The maximum atomic E-state index is 11.2. The summed E-state index contributed by atoms with van der Waals surface area (Å²) in [4.78, 5) is 13.6. The number of fused-ring (bicyclic) bond motifs is 1. The molecular formula is C9H17N3O. The lowest BCUT2D eigenvalue weighted by atomic mass is 9.86. The van der Waals surface area contributed by atoms with E-state index in [1.807, 2.05) is 0 Å². The Bertz CT molecular complexity index is 231. The Labute approximate surface area is 78.2 Å². The average Bonchev–Trinajstić information content (AvgIpc) is 2.47. The number of carbonyl (C=O) groups excluding carboxylic acids is 1. The second-order valence-corrected chi connectivity index (χ2v) is 4.20. The fourth-order valence-electron chi connectivity index (χ4n) is 2.62. The summed E-state index contributed by atoms with van der Waals surface area (Å²) in [6, 6.07) is 0.207. The van der Waals surface area contributed by atoms with E-state index in [1.54, 1.807) is 0 Å². The predicted molar refractivity (Wildman–Crippen MR) is 49.9 cm³/mol. The minimum absolute atomic E-state index is 0.207. The Kier molecular flexibility index (Phi) is 2.04. The van der Waals surface area contributed by atoms with E-state index in [0.717, 1.165) is 25.9 Å². The van der Waals surface area contributed by atoms with Crippen molar-refractivity contribution in [1.29, 1.82) is 0 Å². The third-order valence-corrected chi connectivity index (χ3v) is 3.48. The molecule has 0 saturated carbocycles. The van der Waals surface area contributed by atoms with E-state index in [4.69, 9.17) is 11.5 Å². The van der Waals surface area contributed by atoms with Gasteiger partial charge in [0.1, 0.15) is 5.54 Å². The summed E-state index contributed by atoms with van der Waals surface area (Å²) in [5.41, 5.74) is 10.6. The lowest BCUT2D eigenvalue weighted by Crippen LogP contribution is -2.60. The molecule has 0 aromatic rings. The van der Waals surface area contributed by atoms with Crippen LogP contribution >= 0.6 is 0 Å². The van der Waals surface area contributed by atoms with Crippen LogP contribution in [0.15, 0.2) is 0 Å². The summed E-state index contributed by atoms with van der Waals surface area (Å²) in [5.74, 6) is -0.332. The monoisotopic (exact) mass is 183 g/mol. The molecule has 4 N–H and O–H groups in total. The summed E-state index contributed by atoms with van der Waals surface area (Å²) < 4.78 is 0. The van der Waals surface area contributed by atoms with E-state index in [1.165, 1.54) is 12.8 Å². The van der Waals surface area contributed by atoms with Crippen molar-refractivity contribution < 1.29 is 4.79 Å². The summed E-state index contributed by atoms with van der Waals surface area (Å²) in [6.07, 6.45) is 4.16. The standard InChI is InChI=1S/C9H17N3O/c10-8(13)9(11)4-6-12-5-2-1-3-7(9)12/h7H,1-6,11H2,(H2,10,13). The van der Waals surface area contributed by atoms with E-state index in [-0.39, 0.29) is 11.9 Å². The van der Waals surface area contributed by atoms with Crippen molar-refractivity contribution in [2.75, 3.05) is 13.1 Å². The Hall–Kier alpha value is -0.610. The predicted octanol–water partition coefficient (Wildman–Crippen LogP) is -0.573. The molecule has 2 fully saturated rings. The highest BCUT2D eigenvalue weighted by Gasteiger charge is 2.49. The van der Waals surface area contributed by atoms with Crippen LogP contribution in [-0.2, 0) is 4.79 Å². The number of hydrogen-bond acceptors (Lipinski definition) is 3. The summed E-state index contributed by atoms with van der Waals surface area (Å²) >= 11 is 0. The van der Waals surface area contributed by atoms with Crippen molar-refractivity contribution >= 4 is 5.91 Å². The fraction of sp³-hybridized carbons (Fsp3) is 0.889. The van der Waals surface area contributed by atoms with E-state index >= 15 is 0 Å². The number of nitrogens with zero attached hydrogens (tertiary/aromatic N) is 1. The topological polar surface area (TPSA) is 72.3 Å². The molecule has 2 rings (SSSR count). The van der Waals surface area contributed by atoms with Crippen molar-refractivity contribution in [2.45, 2.75) is 37.3 Å². The second kappa shape index (κ2) is 2.96. The van der Waals surface area contributed by atoms with Crippen molar-refractivity contribution in [3.8, 4) is 0 Å². The molecule has 0 spiro atoms. The smallest absolute Gasteiger partial charge is 0.239 e. The van der Waals surface area contributed by atoms with Crippen molar-refractivity contribution in [3.63, 3.8) is 0 Å². The molecule has 0 aromatic heterocycles. The third-order valence-electron chi connectivity index (χ3n) is 3.48. The molecular weight excluding hydrogens is 166 g/mol. The van der Waals surface area contributed by atoms with Crippen LogP contribution in [0.4, 0.5) is 0 Å². The molecule has 0 aliphatic carbocycles. The minimum Gasteiger partial charge on any atom is -0.368 e. The molecule has 2 atom stereocenters. The van der Waals surface area contributed by atoms with Crippen LogP contribution in [0, 0.1) is 0 Å². The number of primary amides is 1. The maximum Gasteiger partial charge on any atom is 0.239 e. The number of carbonyl (C=O) groups is 1. The first-order chi connectivity index (χ1) is 6.14. The number of amides is 1. The van der Waals surface area contributed by atoms with E-state index < -0.39 is 5.54 Å². The van der Waals surface area contributed by atoms with Gasteiger partial charge in [0.25, 0.3) is 0 Å². The summed E-state index contributed by atoms with van der Waals surface area (Å²) in [7, 11) is 0. The SMILES string of the molecule is NC(=O)C1(N)CCN2CCCCC21. The van der Waals surface area contributed by atoms with Gasteiger partial charge in [-0.05, 0) is 25.8 Å². The number of nitrogens with two attached hydrogens (primary N) is 2. The molecule has 2 aliphatic rings. The molecule has 0 aromatic carbocycles. The zero-order valence-electron chi connectivity index (χ0n) is 7.83. The second-order valence-electron chi connectivity index (χ2n) is 4.20. The van der Waals surface area contributed by atoms with Crippen LogP contribution in [-0.4, -0.2) is 35.5 Å². The Morgan fingerprint density at radius 3 is 2.85 bits per heavy atom. The lowest BCUT2D eigenvalue weighted by Gasteiger charge is -2.36. The highest BCUT2D eigenvalue weighted by Crippen LogP contribution is 2.32. The number of rotatable bonds is 1. The molecule has 2 heterocycles. The maximum absolute atomic E-state index is 11.2. The van der Waals surface area contributed by atoms with Crippen molar-refractivity contribution in [3.05, 3.63) is 0 Å².